The van der Waals surface area contributed by atoms with Crippen molar-refractivity contribution in [2.45, 2.75) is 46.8 Å². The first-order chi connectivity index (χ1) is 18.8. The Hall–Kier alpha value is -3.98. The highest BCUT2D eigenvalue weighted by molar-refractivity contribution is 9.10. The Morgan fingerprint density at radius 3 is 2.49 bits per heavy atom. The highest BCUT2D eigenvalue weighted by atomic mass is 79.9. The van der Waals surface area contributed by atoms with E-state index in [2.05, 4.69) is 57.0 Å². The third kappa shape index (κ3) is 6.92. The van der Waals surface area contributed by atoms with Gasteiger partial charge < -0.3 is 23.2 Å². The lowest BCUT2D eigenvalue weighted by atomic mass is 10.2. The normalized spacial score (nSPS) is 11.9. The number of hydrogen-bond acceptors (Lipinski definition) is 6. The summed E-state index contributed by atoms with van der Waals surface area (Å²) in [5, 5.41) is 4.10. The van der Waals surface area contributed by atoms with Crippen LogP contribution in [-0.4, -0.2) is 29.9 Å². The van der Waals surface area contributed by atoms with Gasteiger partial charge in [-0.25, -0.2) is 5.43 Å². The number of hydrazone groups is 1. The molecule has 2 aromatic carbocycles. The van der Waals surface area contributed by atoms with Crippen molar-refractivity contribution in [3.63, 3.8) is 0 Å². The summed E-state index contributed by atoms with van der Waals surface area (Å²) in [6, 6.07) is 19.0. The second-order valence-electron chi connectivity index (χ2n) is 9.06. The number of hydrogen-bond donors (Lipinski definition) is 1. The van der Waals surface area contributed by atoms with Crippen LogP contribution in [0.15, 0.2) is 74.7 Å². The molecule has 204 valence electrons. The number of aryl methyl sites for hydroxylation is 2. The lowest BCUT2D eigenvalue weighted by Crippen LogP contribution is -2.17. The summed E-state index contributed by atoms with van der Waals surface area (Å²) in [6.45, 7) is 8.35. The first-order valence-electron chi connectivity index (χ1n) is 12.6. The molecule has 4 rings (SSSR count). The van der Waals surface area contributed by atoms with Gasteiger partial charge in [-0.3, -0.25) is 4.79 Å². The van der Waals surface area contributed by atoms with Crippen LogP contribution < -0.4 is 19.6 Å². The molecular weight excluding hydrogens is 562 g/mol. The maximum atomic E-state index is 12.6. The van der Waals surface area contributed by atoms with Crippen molar-refractivity contribution < 1.29 is 23.4 Å². The van der Waals surface area contributed by atoms with Gasteiger partial charge in [-0.1, -0.05) is 22.9 Å². The summed E-state index contributed by atoms with van der Waals surface area (Å²) in [6.07, 6.45) is 2.32. The molecule has 4 aromatic rings. The molecule has 0 fully saturated rings. The second kappa shape index (κ2) is 12.7. The van der Waals surface area contributed by atoms with Gasteiger partial charge >= 0.3 is 5.91 Å². The number of furan rings is 1. The molecule has 2 heterocycles. The molecule has 0 spiro atoms. The van der Waals surface area contributed by atoms with Crippen LogP contribution in [0.3, 0.4) is 0 Å². The van der Waals surface area contributed by atoms with Crippen LogP contribution in [0.25, 0.3) is 5.69 Å². The molecule has 8 nitrogen and oxygen atoms in total. The molecule has 0 aliphatic heterocycles. The molecule has 1 N–H and O–H groups in total. The van der Waals surface area contributed by atoms with E-state index >= 15 is 0 Å². The molecule has 2 aromatic heterocycles. The van der Waals surface area contributed by atoms with Gasteiger partial charge in [-0.2, -0.15) is 5.10 Å². The number of halogens is 1. The highest BCUT2D eigenvalue weighted by Crippen LogP contribution is 2.35. The smallest absolute Gasteiger partial charge is 0.307 e. The van der Waals surface area contributed by atoms with Crippen LogP contribution in [0.2, 0.25) is 0 Å². The molecule has 0 unspecified atom stereocenters. The van der Waals surface area contributed by atoms with Gasteiger partial charge in [0, 0.05) is 27.1 Å². The Morgan fingerprint density at radius 2 is 1.82 bits per heavy atom. The third-order valence-electron chi connectivity index (χ3n) is 6.16. The van der Waals surface area contributed by atoms with E-state index in [-0.39, 0.29) is 18.5 Å². The van der Waals surface area contributed by atoms with E-state index in [0.717, 1.165) is 16.6 Å². The van der Waals surface area contributed by atoms with E-state index in [1.165, 1.54) is 17.6 Å². The van der Waals surface area contributed by atoms with E-state index in [4.69, 9.17) is 18.6 Å². The van der Waals surface area contributed by atoms with E-state index in [0.29, 0.717) is 28.6 Å². The molecule has 0 aliphatic rings. The minimum atomic E-state index is -0.481. The number of benzene rings is 2. The predicted molar refractivity (Wildman–Crippen MR) is 154 cm³/mol. The molecule has 1 amide bonds. The Labute approximate surface area is 236 Å². The zero-order chi connectivity index (χ0) is 27.9. The number of aromatic nitrogens is 1. The Bertz CT molecular complexity index is 1440. The van der Waals surface area contributed by atoms with Crippen molar-refractivity contribution in [2.75, 3.05) is 7.11 Å². The average molecular weight is 595 g/mol. The van der Waals surface area contributed by atoms with Crippen molar-refractivity contribution in [2.24, 2.45) is 5.10 Å². The standard InChI is InChI=1S/C30H32BrN3O5/c1-6-21(4)38-29-22(15-23(31)16-28(29)36-5)17-32-33-30(35)27-14-13-26(39-27)18-37-25-11-9-24(10-12-25)34-19(2)7-8-20(34)3/h7-17,21H,6,18H2,1-5H3,(H,33,35)/t21-/m0/s1. The topological polar surface area (TPSA) is 87.2 Å². The monoisotopic (exact) mass is 593 g/mol. The Kier molecular flexibility index (Phi) is 9.14. The Morgan fingerprint density at radius 1 is 1.10 bits per heavy atom. The molecule has 1 atom stereocenters. The first-order valence-corrected chi connectivity index (χ1v) is 13.4. The van der Waals surface area contributed by atoms with E-state index in [1.54, 1.807) is 19.2 Å². The van der Waals surface area contributed by atoms with Gasteiger partial charge in [-0.05, 0) is 87.9 Å². The average Bonchev–Trinajstić information content (AvgIpc) is 3.54. The van der Waals surface area contributed by atoms with E-state index < -0.39 is 5.91 Å². The van der Waals surface area contributed by atoms with Crippen LogP contribution in [0, 0.1) is 13.8 Å². The molecular formula is C30H32BrN3O5. The third-order valence-corrected chi connectivity index (χ3v) is 6.62. The van der Waals surface area contributed by atoms with Crippen molar-refractivity contribution in [3.8, 4) is 22.9 Å². The largest absolute Gasteiger partial charge is 0.493 e. The van der Waals surface area contributed by atoms with Crippen LogP contribution >= 0.6 is 15.9 Å². The highest BCUT2D eigenvalue weighted by Gasteiger charge is 2.15. The molecule has 0 bridgehead atoms. The summed E-state index contributed by atoms with van der Waals surface area (Å²) in [7, 11) is 1.58. The molecule has 39 heavy (non-hydrogen) atoms. The minimum Gasteiger partial charge on any atom is -0.493 e. The fourth-order valence-electron chi connectivity index (χ4n) is 3.96. The van der Waals surface area contributed by atoms with Crippen LogP contribution in [0.4, 0.5) is 0 Å². The SMILES string of the molecule is CC[C@H](C)Oc1c(C=NNC(=O)c2ccc(COc3ccc(-n4c(C)ccc4C)cc3)o2)cc(Br)cc1OC. The number of amides is 1. The molecule has 0 radical (unpaired) electrons. The van der Waals surface area contributed by atoms with E-state index in [1.807, 2.05) is 50.2 Å². The summed E-state index contributed by atoms with van der Waals surface area (Å²) in [5.74, 6) is 1.99. The Balaban J connectivity index is 1.36. The maximum absolute atomic E-state index is 12.6. The number of carbonyl (C=O) groups is 1. The molecule has 0 saturated carbocycles. The van der Waals surface area contributed by atoms with Gasteiger partial charge in [0.15, 0.2) is 17.3 Å². The van der Waals surface area contributed by atoms with Crippen LogP contribution in [0.1, 0.15) is 53.5 Å². The molecule has 0 aliphatic carbocycles. The quantitative estimate of drug-likeness (QED) is 0.150. The number of methoxy groups -OCH3 is 1. The van der Waals surface area contributed by atoms with Crippen LogP contribution in [0.5, 0.6) is 17.2 Å². The van der Waals surface area contributed by atoms with E-state index in [9.17, 15) is 4.79 Å². The molecule has 0 saturated heterocycles. The summed E-state index contributed by atoms with van der Waals surface area (Å²) in [5.41, 5.74) is 6.56. The number of rotatable bonds is 11. The van der Waals surface area contributed by atoms with Crippen molar-refractivity contribution in [1.29, 1.82) is 0 Å². The second-order valence-corrected chi connectivity index (χ2v) is 9.98. The van der Waals surface area contributed by atoms with Gasteiger partial charge in [0.05, 0.1) is 19.4 Å². The zero-order valence-corrected chi connectivity index (χ0v) is 24.2. The van der Waals surface area contributed by atoms with Gasteiger partial charge in [0.25, 0.3) is 0 Å². The summed E-state index contributed by atoms with van der Waals surface area (Å²) < 4.78 is 26.0. The number of ether oxygens (including phenoxy) is 3. The maximum Gasteiger partial charge on any atom is 0.307 e. The van der Waals surface area contributed by atoms with Gasteiger partial charge in [0.2, 0.25) is 0 Å². The number of nitrogens with one attached hydrogen (secondary N) is 1. The number of carbonyl (C=O) groups excluding carboxylic acids is 1. The minimum absolute atomic E-state index is 0.0173. The summed E-state index contributed by atoms with van der Waals surface area (Å²) in [4.78, 5) is 12.6. The molecule has 9 heteroatoms. The van der Waals surface area contributed by atoms with Crippen molar-refractivity contribution in [1.82, 2.24) is 9.99 Å². The van der Waals surface area contributed by atoms with Gasteiger partial charge in [0.1, 0.15) is 18.1 Å². The van der Waals surface area contributed by atoms with Crippen LogP contribution in [-0.2, 0) is 6.61 Å². The number of nitrogens with zero attached hydrogens (tertiary/aromatic N) is 2. The van der Waals surface area contributed by atoms with Crippen molar-refractivity contribution in [3.05, 3.63) is 93.6 Å². The lowest BCUT2D eigenvalue weighted by Gasteiger charge is -2.18. The van der Waals surface area contributed by atoms with Gasteiger partial charge in [-0.15, -0.1) is 0 Å². The zero-order valence-electron chi connectivity index (χ0n) is 22.7. The first kappa shape index (κ1) is 28.0. The summed E-state index contributed by atoms with van der Waals surface area (Å²) >= 11 is 3.47. The lowest BCUT2D eigenvalue weighted by molar-refractivity contribution is 0.0923. The fourth-order valence-corrected chi connectivity index (χ4v) is 4.42. The fraction of sp³-hybridized carbons (Fsp3) is 0.267. The predicted octanol–water partition coefficient (Wildman–Crippen LogP) is 6.98. The van der Waals surface area contributed by atoms with Crippen molar-refractivity contribution >= 4 is 28.1 Å².